The van der Waals surface area contributed by atoms with Crippen LogP contribution < -0.4 is 4.57 Å². The molecule has 2 heteroatoms. The highest BCUT2D eigenvalue weighted by Gasteiger charge is 2.37. The minimum atomic E-state index is 0.210. The molecule has 35 heavy (non-hydrogen) atoms. The predicted octanol–water partition coefficient (Wildman–Crippen LogP) is 8.87. The SMILES string of the molecule is Cc1ccc2c(sc3c(-c4ccc5c(c4)C(C)(C)CCC5(C)C)cccc32)c1-c1cccc[n+]1C. The Morgan fingerprint density at radius 3 is 2.26 bits per heavy atom. The van der Waals surface area contributed by atoms with Crippen LogP contribution in [0.3, 0.4) is 0 Å². The minimum Gasteiger partial charge on any atom is -0.201 e. The summed E-state index contributed by atoms with van der Waals surface area (Å²) in [6.07, 6.45) is 4.63. The maximum absolute atomic E-state index is 2.50. The fourth-order valence-electron chi connectivity index (χ4n) is 6.05. The van der Waals surface area contributed by atoms with Gasteiger partial charge in [0.2, 0.25) is 5.69 Å². The number of fused-ring (bicyclic) bond motifs is 4. The first-order chi connectivity index (χ1) is 16.7. The maximum atomic E-state index is 2.50. The lowest BCUT2D eigenvalue weighted by Gasteiger charge is -2.42. The highest BCUT2D eigenvalue weighted by molar-refractivity contribution is 7.26. The van der Waals surface area contributed by atoms with Crippen molar-refractivity contribution >= 4 is 31.5 Å². The van der Waals surface area contributed by atoms with Crippen LogP contribution in [0.2, 0.25) is 0 Å². The molecule has 0 fully saturated rings. The fourth-order valence-corrected chi connectivity index (χ4v) is 7.49. The molecule has 0 atom stereocenters. The molecule has 0 bridgehead atoms. The van der Waals surface area contributed by atoms with Crippen LogP contribution in [0.25, 0.3) is 42.6 Å². The highest BCUT2D eigenvalue weighted by Crippen LogP contribution is 2.48. The topological polar surface area (TPSA) is 3.88 Å². The van der Waals surface area contributed by atoms with Gasteiger partial charge >= 0.3 is 0 Å². The summed E-state index contributed by atoms with van der Waals surface area (Å²) in [4.78, 5) is 0. The second-order valence-electron chi connectivity index (χ2n) is 11.6. The van der Waals surface area contributed by atoms with Gasteiger partial charge in [-0.25, -0.2) is 4.57 Å². The van der Waals surface area contributed by atoms with Crippen LogP contribution in [0.1, 0.15) is 57.2 Å². The molecule has 0 amide bonds. The second-order valence-corrected chi connectivity index (χ2v) is 12.7. The summed E-state index contributed by atoms with van der Waals surface area (Å²) < 4.78 is 5.01. The minimum absolute atomic E-state index is 0.210. The molecule has 176 valence electrons. The summed E-state index contributed by atoms with van der Waals surface area (Å²) >= 11 is 1.95. The standard InChI is InChI=1S/C33H34NS/c1-21-13-15-25-24-11-9-10-23(30(24)35-31(25)29(21)28-12-7-8-19-34(28)6)22-14-16-26-27(20-22)33(4,5)18-17-32(26,2)3/h7-16,19-20H,17-18H2,1-6H3/q+1. The van der Waals surface area contributed by atoms with Gasteiger partial charge in [0.05, 0.1) is 5.56 Å². The monoisotopic (exact) mass is 476 g/mol. The van der Waals surface area contributed by atoms with E-state index in [-0.39, 0.29) is 10.8 Å². The van der Waals surface area contributed by atoms with Gasteiger partial charge in [0.15, 0.2) is 6.20 Å². The van der Waals surface area contributed by atoms with E-state index >= 15 is 0 Å². The average Bonchev–Trinajstić information content (AvgIpc) is 3.21. The van der Waals surface area contributed by atoms with Gasteiger partial charge in [0.1, 0.15) is 7.05 Å². The van der Waals surface area contributed by atoms with Crippen molar-refractivity contribution in [1.82, 2.24) is 0 Å². The van der Waals surface area contributed by atoms with Crippen molar-refractivity contribution in [3.63, 3.8) is 0 Å². The molecule has 1 aliphatic rings. The Labute approximate surface area is 213 Å². The lowest BCUT2D eigenvalue weighted by Crippen LogP contribution is -2.33. The normalized spacial score (nSPS) is 16.5. The average molecular weight is 477 g/mol. The van der Waals surface area contributed by atoms with E-state index in [9.17, 15) is 0 Å². The predicted molar refractivity (Wildman–Crippen MR) is 151 cm³/mol. The number of nitrogens with zero attached hydrogens (tertiary/aromatic N) is 1. The Hall–Kier alpha value is -2.97. The molecule has 0 spiro atoms. The molecule has 6 rings (SSSR count). The number of aromatic nitrogens is 1. The molecule has 0 radical (unpaired) electrons. The van der Waals surface area contributed by atoms with Gasteiger partial charge in [-0.05, 0) is 64.5 Å². The van der Waals surface area contributed by atoms with Gasteiger partial charge in [0.25, 0.3) is 0 Å². The quantitative estimate of drug-likeness (QED) is 0.224. The first-order valence-corrected chi connectivity index (χ1v) is 13.5. The number of thiophene rings is 1. The van der Waals surface area contributed by atoms with E-state index in [1.807, 2.05) is 11.3 Å². The summed E-state index contributed by atoms with van der Waals surface area (Å²) in [6, 6.07) is 25.2. The van der Waals surface area contributed by atoms with Crippen LogP contribution in [0, 0.1) is 6.92 Å². The Morgan fingerprint density at radius 1 is 0.743 bits per heavy atom. The summed E-state index contributed by atoms with van der Waals surface area (Å²) in [5.74, 6) is 0. The third-order valence-electron chi connectivity index (χ3n) is 8.35. The Bertz CT molecular complexity index is 1620. The van der Waals surface area contributed by atoms with E-state index < -0.39 is 0 Å². The molecule has 0 saturated heterocycles. The van der Waals surface area contributed by atoms with E-state index in [0.29, 0.717) is 0 Å². The van der Waals surface area contributed by atoms with E-state index in [0.717, 1.165) is 0 Å². The largest absolute Gasteiger partial charge is 0.213 e. The fraction of sp³-hybridized carbons (Fsp3) is 0.303. The number of hydrogen-bond donors (Lipinski definition) is 0. The number of rotatable bonds is 2. The van der Waals surface area contributed by atoms with Crippen LogP contribution in [-0.2, 0) is 17.9 Å². The van der Waals surface area contributed by atoms with Gasteiger partial charge in [-0.2, -0.15) is 0 Å². The van der Waals surface area contributed by atoms with Gasteiger partial charge in [-0.1, -0.05) is 76.2 Å². The van der Waals surface area contributed by atoms with Crippen molar-refractivity contribution < 1.29 is 4.57 Å². The molecular weight excluding hydrogens is 442 g/mol. The van der Waals surface area contributed by atoms with Crippen molar-refractivity contribution in [1.29, 1.82) is 0 Å². The zero-order chi connectivity index (χ0) is 24.5. The second kappa shape index (κ2) is 7.77. The Kier molecular flexibility index (Phi) is 4.99. The lowest BCUT2D eigenvalue weighted by molar-refractivity contribution is -0.660. The highest BCUT2D eigenvalue weighted by atomic mass is 32.1. The van der Waals surface area contributed by atoms with Gasteiger partial charge in [0, 0.05) is 32.3 Å². The molecule has 3 aromatic carbocycles. The summed E-state index contributed by atoms with van der Waals surface area (Å²) in [5.41, 5.74) is 10.1. The zero-order valence-electron chi connectivity index (χ0n) is 21.7. The summed E-state index contributed by atoms with van der Waals surface area (Å²) in [6.45, 7) is 11.9. The molecule has 2 aromatic heterocycles. The number of hydrogen-bond acceptors (Lipinski definition) is 1. The third kappa shape index (κ3) is 3.45. The molecule has 0 aliphatic heterocycles. The number of pyridine rings is 1. The van der Waals surface area contributed by atoms with E-state index in [4.69, 9.17) is 0 Å². The molecular formula is C33H34NS+. The van der Waals surface area contributed by atoms with Crippen LogP contribution in [0.15, 0.2) is 72.9 Å². The van der Waals surface area contributed by atoms with E-state index in [1.165, 1.54) is 72.1 Å². The first kappa shape index (κ1) is 22.5. The van der Waals surface area contributed by atoms with Crippen molar-refractivity contribution in [2.24, 2.45) is 7.05 Å². The van der Waals surface area contributed by atoms with Crippen LogP contribution >= 0.6 is 11.3 Å². The van der Waals surface area contributed by atoms with Gasteiger partial charge in [-0.3, -0.25) is 0 Å². The van der Waals surface area contributed by atoms with Crippen LogP contribution in [-0.4, -0.2) is 0 Å². The Morgan fingerprint density at radius 2 is 1.49 bits per heavy atom. The third-order valence-corrected chi connectivity index (χ3v) is 9.62. The van der Waals surface area contributed by atoms with Crippen molar-refractivity contribution in [2.75, 3.05) is 0 Å². The number of aryl methyl sites for hydroxylation is 2. The molecule has 0 saturated carbocycles. The van der Waals surface area contributed by atoms with Gasteiger partial charge < -0.3 is 0 Å². The van der Waals surface area contributed by atoms with Crippen molar-refractivity contribution in [3.05, 3.63) is 89.6 Å². The lowest BCUT2D eigenvalue weighted by atomic mass is 9.63. The molecule has 2 heterocycles. The first-order valence-electron chi connectivity index (χ1n) is 12.7. The van der Waals surface area contributed by atoms with Gasteiger partial charge in [-0.15, -0.1) is 11.3 Å². The van der Waals surface area contributed by atoms with Crippen molar-refractivity contribution in [3.8, 4) is 22.4 Å². The Balaban J connectivity index is 1.62. The molecule has 1 nitrogen and oxygen atoms in total. The maximum Gasteiger partial charge on any atom is 0.213 e. The van der Waals surface area contributed by atoms with Crippen LogP contribution in [0.5, 0.6) is 0 Å². The molecule has 0 unspecified atom stereocenters. The summed E-state index contributed by atoms with van der Waals surface area (Å²) in [7, 11) is 2.14. The molecule has 5 aromatic rings. The van der Waals surface area contributed by atoms with E-state index in [1.54, 1.807) is 0 Å². The molecule has 1 aliphatic carbocycles. The van der Waals surface area contributed by atoms with Crippen LogP contribution in [0.4, 0.5) is 0 Å². The van der Waals surface area contributed by atoms with E-state index in [2.05, 4.69) is 119 Å². The zero-order valence-corrected chi connectivity index (χ0v) is 22.5. The smallest absolute Gasteiger partial charge is 0.201 e. The number of benzene rings is 3. The molecule has 0 N–H and O–H groups in total. The van der Waals surface area contributed by atoms with Crippen molar-refractivity contribution in [2.45, 2.75) is 58.3 Å². The summed E-state index contributed by atoms with van der Waals surface area (Å²) in [5, 5.41) is 2.72.